The first-order valence-corrected chi connectivity index (χ1v) is 11.4. The Morgan fingerprint density at radius 1 is 1.15 bits per heavy atom. The summed E-state index contributed by atoms with van der Waals surface area (Å²) in [6, 6.07) is 15.2. The molecule has 1 saturated heterocycles. The number of hydrogen-bond donors (Lipinski definition) is 2. The summed E-state index contributed by atoms with van der Waals surface area (Å²) in [5.74, 6) is 0.0821. The van der Waals surface area contributed by atoms with Crippen molar-refractivity contribution in [1.29, 1.82) is 0 Å². The van der Waals surface area contributed by atoms with Crippen LogP contribution in [0.5, 0.6) is 0 Å². The fourth-order valence-corrected chi connectivity index (χ4v) is 3.98. The number of carbonyl (C=O) groups is 1. The summed E-state index contributed by atoms with van der Waals surface area (Å²) in [4.78, 5) is 14.1. The highest BCUT2D eigenvalue weighted by molar-refractivity contribution is 5.84. The molecule has 7 heteroatoms. The largest absolute Gasteiger partial charge is 0.445 e. The van der Waals surface area contributed by atoms with Gasteiger partial charge in [-0.3, -0.25) is 5.32 Å². The normalized spacial score (nSPS) is 22.2. The first-order valence-electron chi connectivity index (χ1n) is 11.4. The van der Waals surface area contributed by atoms with Gasteiger partial charge in [-0.2, -0.15) is 0 Å². The van der Waals surface area contributed by atoms with Crippen molar-refractivity contribution in [2.24, 2.45) is 5.92 Å². The van der Waals surface area contributed by atoms with Crippen LogP contribution < -0.4 is 5.32 Å². The van der Waals surface area contributed by atoms with Gasteiger partial charge in [-0.05, 0) is 30.3 Å². The van der Waals surface area contributed by atoms with Crippen LogP contribution in [0.4, 0.5) is 10.5 Å². The monoisotopic (exact) mass is 466 g/mol. The van der Waals surface area contributed by atoms with Gasteiger partial charge in [-0.1, -0.05) is 62.1 Å². The van der Waals surface area contributed by atoms with Gasteiger partial charge in [0.1, 0.15) is 6.61 Å². The summed E-state index contributed by atoms with van der Waals surface area (Å²) in [5, 5.41) is 12.1. The number of aliphatic hydroxyl groups is 1. The van der Waals surface area contributed by atoms with Crippen LogP contribution in [-0.4, -0.2) is 48.9 Å². The molecule has 4 atom stereocenters. The maximum absolute atomic E-state index is 12.0. The highest BCUT2D eigenvalue weighted by Crippen LogP contribution is 2.42. The molecule has 182 valence electrons. The number of carbonyl (C=O) groups excluding carboxylic acids is 1. The van der Waals surface area contributed by atoms with E-state index < -0.39 is 12.4 Å². The number of nitrogens with one attached hydrogen (secondary N) is 1. The Morgan fingerprint density at radius 2 is 1.91 bits per heavy atom. The Labute approximate surface area is 201 Å². The van der Waals surface area contributed by atoms with Crippen LogP contribution in [0.25, 0.3) is 0 Å². The number of rotatable bonds is 10. The maximum Gasteiger partial charge on any atom is 0.411 e. The van der Waals surface area contributed by atoms with Crippen LogP contribution >= 0.6 is 0 Å². The number of ether oxygens (including phenoxy) is 3. The molecule has 2 N–H and O–H groups in total. The second-order valence-electron chi connectivity index (χ2n) is 8.47. The van der Waals surface area contributed by atoms with Crippen molar-refractivity contribution in [1.82, 2.24) is 4.90 Å². The molecule has 1 amide bonds. The third kappa shape index (κ3) is 6.77. The van der Waals surface area contributed by atoms with Crippen molar-refractivity contribution < 1.29 is 24.1 Å². The van der Waals surface area contributed by atoms with Crippen molar-refractivity contribution in [3.05, 3.63) is 90.5 Å². The van der Waals surface area contributed by atoms with E-state index in [9.17, 15) is 9.90 Å². The number of anilines is 1. The topological polar surface area (TPSA) is 80.3 Å². The van der Waals surface area contributed by atoms with Gasteiger partial charge in [0, 0.05) is 30.3 Å². The summed E-state index contributed by atoms with van der Waals surface area (Å²) in [6.07, 6.45) is 1.90. The molecule has 0 aromatic heterocycles. The fourth-order valence-electron chi connectivity index (χ4n) is 3.98. The van der Waals surface area contributed by atoms with E-state index >= 15 is 0 Å². The zero-order valence-electron chi connectivity index (χ0n) is 19.9. The van der Waals surface area contributed by atoms with E-state index in [-0.39, 0.29) is 31.3 Å². The van der Waals surface area contributed by atoms with Crippen molar-refractivity contribution in [3.63, 3.8) is 0 Å². The summed E-state index contributed by atoms with van der Waals surface area (Å²) < 4.78 is 17.9. The Morgan fingerprint density at radius 3 is 2.59 bits per heavy atom. The lowest BCUT2D eigenvalue weighted by Gasteiger charge is -2.42. The summed E-state index contributed by atoms with van der Waals surface area (Å²) in [5.41, 5.74) is 3.25. The van der Waals surface area contributed by atoms with E-state index in [1.54, 1.807) is 6.07 Å². The van der Waals surface area contributed by atoms with Gasteiger partial charge in [-0.15, -0.1) is 6.58 Å². The molecule has 3 rings (SSSR count). The molecule has 1 heterocycles. The summed E-state index contributed by atoms with van der Waals surface area (Å²) >= 11 is 0. The van der Waals surface area contributed by atoms with Gasteiger partial charge < -0.3 is 24.2 Å². The lowest BCUT2D eigenvalue weighted by molar-refractivity contribution is -0.275. The molecule has 0 aliphatic carbocycles. The fraction of sp³-hybridized carbons (Fsp3) is 0.370. The van der Waals surface area contributed by atoms with Crippen molar-refractivity contribution in [3.8, 4) is 0 Å². The van der Waals surface area contributed by atoms with Crippen molar-refractivity contribution >= 4 is 11.8 Å². The average molecular weight is 467 g/mol. The second-order valence-corrected chi connectivity index (χ2v) is 8.47. The molecule has 0 saturated carbocycles. The number of amides is 1. The standard InChI is InChI=1S/C27H34N2O5/c1-5-14-29(4)17-24-19(3)25(21-12-10-20(18-30)11-13-21)34-26(33-24)22-8-7-9-23(16-22)28-27(31)32-15-6-2/h5-13,16,19,24-26,30H,1-2,14-15,17-18H2,3-4H3,(H,28,31)/t19-,24+,25+,26+/m0/s1. The minimum atomic E-state index is -0.619. The molecule has 1 fully saturated rings. The minimum absolute atomic E-state index is 0.00288. The number of aliphatic hydroxyl groups excluding tert-OH is 1. The molecule has 0 spiro atoms. The summed E-state index contributed by atoms with van der Waals surface area (Å²) in [7, 11) is 2.03. The molecule has 1 aliphatic rings. The lowest BCUT2D eigenvalue weighted by Crippen LogP contribution is -2.43. The smallest absolute Gasteiger partial charge is 0.411 e. The van der Waals surface area contributed by atoms with Gasteiger partial charge in [-0.25, -0.2) is 4.79 Å². The molecular weight excluding hydrogens is 432 g/mol. The average Bonchev–Trinajstić information content (AvgIpc) is 2.84. The minimum Gasteiger partial charge on any atom is -0.445 e. The van der Waals surface area contributed by atoms with E-state index in [1.807, 2.05) is 55.6 Å². The van der Waals surface area contributed by atoms with Crippen LogP contribution in [0, 0.1) is 5.92 Å². The molecule has 0 radical (unpaired) electrons. The van der Waals surface area contributed by atoms with Gasteiger partial charge >= 0.3 is 6.09 Å². The first-order chi connectivity index (χ1) is 16.4. The quantitative estimate of drug-likeness (QED) is 0.489. The van der Waals surface area contributed by atoms with Crippen LogP contribution in [0.15, 0.2) is 73.8 Å². The molecule has 34 heavy (non-hydrogen) atoms. The van der Waals surface area contributed by atoms with Crippen molar-refractivity contribution in [2.45, 2.75) is 32.0 Å². The highest BCUT2D eigenvalue weighted by atomic mass is 16.7. The van der Waals surface area contributed by atoms with E-state index in [4.69, 9.17) is 14.2 Å². The van der Waals surface area contributed by atoms with Gasteiger partial charge in [0.05, 0.1) is 18.8 Å². The highest BCUT2D eigenvalue weighted by Gasteiger charge is 2.38. The van der Waals surface area contributed by atoms with Crippen LogP contribution in [0.3, 0.4) is 0 Å². The van der Waals surface area contributed by atoms with E-state index in [0.717, 1.165) is 23.2 Å². The molecule has 0 unspecified atom stereocenters. The zero-order chi connectivity index (χ0) is 24.5. The van der Waals surface area contributed by atoms with E-state index in [1.165, 1.54) is 6.08 Å². The lowest BCUT2D eigenvalue weighted by atomic mass is 9.90. The van der Waals surface area contributed by atoms with Gasteiger partial charge in [0.2, 0.25) is 0 Å². The third-order valence-electron chi connectivity index (χ3n) is 5.79. The Bertz CT molecular complexity index is 962. The molecule has 7 nitrogen and oxygen atoms in total. The Kier molecular flexibility index (Phi) is 9.42. The predicted octanol–water partition coefficient (Wildman–Crippen LogP) is 4.82. The van der Waals surface area contributed by atoms with Gasteiger partial charge in [0.15, 0.2) is 6.29 Å². The van der Waals surface area contributed by atoms with Gasteiger partial charge in [0.25, 0.3) is 0 Å². The summed E-state index contributed by atoms with van der Waals surface area (Å²) in [6.45, 7) is 11.1. The number of likely N-dealkylation sites (N-methyl/N-ethyl adjacent to an activating group) is 1. The Balaban J connectivity index is 1.85. The maximum atomic E-state index is 12.0. The van der Waals surface area contributed by atoms with E-state index in [2.05, 4.69) is 30.3 Å². The molecule has 1 aliphatic heterocycles. The molecule has 0 bridgehead atoms. The predicted molar refractivity (Wildman–Crippen MR) is 132 cm³/mol. The third-order valence-corrected chi connectivity index (χ3v) is 5.79. The Hall–Kier alpha value is -2.97. The van der Waals surface area contributed by atoms with Crippen LogP contribution in [0.1, 0.15) is 36.0 Å². The van der Waals surface area contributed by atoms with Crippen LogP contribution in [0.2, 0.25) is 0 Å². The zero-order valence-corrected chi connectivity index (χ0v) is 19.9. The number of nitrogens with zero attached hydrogens (tertiary/aromatic N) is 1. The SMILES string of the molecule is C=CCOC(=O)Nc1cccc([C@@H]2O[C@H](CN(C)CC=C)[C@H](C)[C@H](c3ccc(CO)cc3)O2)c1. The molecular formula is C27H34N2O5. The second kappa shape index (κ2) is 12.5. The molecule has 2 aromatic rings. The van der Waals surface area contributed by atoms with Crippen molar-refractivity contribution in [2.75, 3.05) is 32.1 Å². The van der Waals surface area contributed by atoms with E-state index in [0.29, 0.717) is 12.2 Å². The van der Waals surface area contributed by atoms with Crippen LogP contribution in [-0.2, 0) is 20.8 Å². The molecule has 2 aromatic carbocycles. The first kappa shape index (κ1) is 25.6. The number of hydrogen-bond acceptors (Lipinski definition) is 6. The number of benzene rings is 2.